The van der Waals surface area contributed by atoms with Crippen molar-refractivity contribution in [3.8, 4) is 5.75 Å². The van der Waals surface area contributed by atoms with Gasteiger partial charge in [-0.1, -0.05) is 51.1 Å². The number of carbonyl (C=O) groups is 3. The van der Waals surface area contributed by atoms with Crippen LogP contribution in [0.2, 0.25) is 0 Å². The lowest BCUT2D eigenvalue weighted by molar-refractivity contribution is -0.145. The van der Waals surface area contributed by atoms with E-state index in [2.05, 4.69) is 5.32 Å². The predicted molar refractivity (Wildman–Crippen MR) is 119 cm³/mol. The van der Waals surface area contributed by atoms with Crippen molar-refractivity contribution in [1.29, 1.82) is 0 Å². The number of benzene rings is 2. The number of rotatable bonds is 4. The summed E-state index contributed by atoms with van der Waals surface area (Å²) in [7, 11) is 2.85. The Kier molecular flexibility index (Phi) is 5.54. The highest BCUT2D eigenvalue weighted by atomic mass is 16.5. The van der Waals surface area contributed by atoms with Crippen molar-refractivity contribution in [3.05, 3.63) is 59.7 Å². The molecule has 2 saturated heterocycles. The fourth-order valence-electron chi connectivity index (χ4n) is 4.83. The van der Waals surface area contributed by atoms with E-state index in [1.807, 2.05) is 57.2 Å². The van der Waals surface area contributed by atoms with Crippen molar-refractivity contribution in [2.45, 2.75) is 38.3 Å². The van der Waals surface area contributed by atoms with Crippen LogP contribution in [0.15, 0.2) is 48.5 Å². The molecule has 2 fully saturated rings. The van der Waals surface area contributed by atoms with Gasteiger partial charge < -0.3 is 9.47 Å². The second-order valence-corrected chi connectivity index (χ2v) is 9.25. The number of imide groups is 1. The zero-order valence-corrected chi connectivity index (χ0v) is 18.9. The van der Waals surface area contributed by atoms with Crippen LogP contribution < -0.4 is 15.0 Å². The lowest BCUT2D eigenvalue weighted by Gasteiger charge is -2.28. The molecule has 32 heavy (non-hydrogen) atoms. The lowest BCUT2D eigenvalue weighted by Crippen LogP contribution is -2.44. The Morgan fingerprint density at radius 3 is 2.31 bits per heavy atom. The minimum Gasteiger partial charge on any atom is -0.497 e. The van der Waals surface area contributed by atoms with E-state index in [-0.39, 0.29) is 17.2 Å². The molecule has 0 unspecified atom stereocenters. The summed E-state index contributed by atoms with van der Waals surface area (Å²) in [4.78, 5) is 41.2. The van der Waals surface area contributed by atoms with Crippen LogP contribution in [0.1, 0.15) is 37.9 Å². The number of hydrogen-bond donors (Lipinski definition) is 1. The van der Waals surface area contributed by atoms with E-state index < -0.39 is 29.9 Å². The summed E-state index contributed by atoms with van der Waals surface area (Å²) in [5.41, 5.74) is 1.96. The molecular formula is C25H28N2O5. The molecule has 0 radical (unpaired) electrons. The number of fused-ring (bicyclic) bond motifs is 1. The fraction of sp³-hybridized carbons (Fsp3) is 0.400. The minimum absolute atomic E-state index is 0.277. The smallest absolute Gasteiger partial charge is 0.323 e. The molecule has 2 amide bonds. The molecule has 2 aromatic carbocycles. The molecule has 0 spiro atoms. The molecule has 2 aliphatic rings. The SMILES string of the molecule is COC(=O)[C@@H]1N[C@H](c2cccc(OC)c2)[C@@H]2C(=O)N(c3ccccc3C(C)(C)C)C(=O)[C@@H]21. The van der Waals surface area contributed by atoms with E-state index in [1.54, 1.807) is 19.2 Å². The van der Waals surface area contributed by atoms with Crippen LogP contribution in [0.4, 0.5) is 5.69 Å². The first-order chi connectivity index (χ1) is 15.2. The topological polar surface area (TPSA) is 84.9 Å². The highest BCUT2D eigenvalue weighted by Gasteiger charge is 2.61. The third kappa shape index (κ3) is 3.46. The van der Waals surface area contributed by atoms with Gasteiger partial charge in [-0.2, -0.15) is 0 Å². The van der Waals surface area contributed by atoms with Crippen LogP contribution in [0, 0.1) is 11.8 Å². The molecule has 1 N–H and O–H groups in total. The number of amides is 2. The summed E-state index contributed by atoms with van der Waals surface area (Å²) < 4.78 is 10.3. The van der Waals surface area contributed by atoms with E-state index in [4.69, 9.17) is 9.47 Å². The van der Waals surface area contributed by atoms with E-state index in [1.165, 1.54) is 12.0 Å². The number of methoxy groups -OCH3 is 2. The quantitative estimate of drug-likeness (QED) is 0.586. The Labute approximate surface area is 187 Å². The van der Waals surface area contributed by atoms with Crippen LogP contribution in [0.3, 0.4) is 0 Å². The summed E-state index contributed by atoms with van der Waals surface area (Å²) >= 11 is 0. The molecule has 2 heterocycles. The number of anilines is 1. The molecule has 2 aliphatic heterocycles. The van der Waals surface area contributed by atoms with Crippen molar-refractivity contribution in [2.24, 2.45) is 11.8 Å². The summed E-state index contributed by atoms with van der Waals surface area (Å²) in [5.74, 6) is -2.20. The van der Waals surface area contributed by atoms with Gasteiger partial charge in [-0.25, -0.2) is 4.90 Å². The summed E-state index contributed by atoms with van der Waals surface area (Å²) in [6.07, 6.45) is 0. The van der Waals surface area contributed by atoms with Gasteiger partial charge in [-0.3, -0.25) is 19.7 Å². The van der Waals surface area contributed by atoms with Gasteiger partial charge in [0.05, 0.1) is 31.7 Å². The normalized spacial score (nSPS) is 25.1. The average Bonchev–Trinajstić information content (AvgIpc) is 3.29. The van der Waals surface area contributed by atoms with Gasteiger partial charge in [0.1, 0.15) is 11.8 Å². The third-order valence-corrected chi connectivity index (χ3v) is 6.34. The van der Waals surface area contributed by atoms with Gasteiger partial charge in [-0.05, 0) is 34.7 Å². The Morgan fingerprint density at radius 2 is 1.66 bits per heavy atom. The number of ether oxygens (including phenoxy) is 2. The molecule has 4 atom stereocenters. The highest BCUT2D eigenvalue weighted by molar-refractivity contribution is 6.24. The number of carbonyl (C=O) groups excluding carboxylic acids is 3. The van der Waals surface area contributed by atoms with Crippen molar-refractivity contribution < 1.29 is 23.9 Å². The second kappa shape index (κ2) is 8.06. The maximum Gasteiger partial charge on any atom is 0.323 e. The Bertz CT molecular complexity index is 1070. The van der Waals surface area contributed by atoms with Crippen LogP contribution in [0.25, 0.3) is 0 Å². The highest BCUT2D eigenvalue weighted by Crippen LogP contribution is 2.47. The lowest BCUT2D eigenvalue weighted by atomic mass is 9.85. The van der Waals surface area contributed by atoms with Gasteiger partial charge in [-0.15, -0.1) is 0 Å². The van der Waals surface area contributed by atoms with Gasteiger partial charge in [0.15, 0.2) is 0 Å². The van der Waals surface area contributed by atoms with Crippen molar-refractivity contribution in [3.63, 3.8) is 0 Å². The fourth-order valence-corrected chi connectivity index (χ4v) is 4.83. The summed E-state index contributed by atoms with van der Waals surface area (Å²) in [6, 6.07) is 13.3. The Morgan fingerprint density at radius 1 is 0.969 bits per heavy atom. The first-order valence-electron chi connectivity index (χ1n) is 10.6. The molecule has 2 aromatic rings. The summed E-state index contributed by atoms with van der Waals surface area (Å²) in [5, 5.41) is 3.19. The Hall–Kier alpha value is -3.19. The minimum atomic E-state index is -0.913. The molecule has 0 saturated carbocycles. The van der Waals surface area contributed by atoms with Crippen LogP contribution in [-0.4, -0.2) is 38.0 Å². The molecule has 0 aromatic heterocycles. The number of nitrogens with zero attached hydrogens (tertiary/aromatic N) is 1. The van der Waals surface area contributed by atoms with E-state index in [0.29, 0.717) is 11.4 Å². The van der Waals surface area contributed by atoms with Gasteiger partial charge in [0.25, 0.3) is 0 Å². The van der Waals surface area contributed by atoms with E-state index in [9.17, 15) is 14.4 Å². The molecule has 168 valence electrons. The van der Waals surface area contributed by atoms with Crippen molar-refractivity contribution >= 4 is 23.5 Å². The number of para-hydroxylation sites is 1. The monoisotopic (exact) mass is 436 g/mol. The largest absolute Gasteiger partial charge is 0.497 e. The van der Waals surface area contributed by atoms with Gasteiger partial charge in [0, 0.05) is 6.04 Å². The number of esters is 1. The average molecular weight is 437 g/mol. The second-order valence-electron chi connectivity index (χ2n) is 9.25. The van der Waals surface area contributed by atoms with E-state index >= 15 is 0 Å². The number of nitrogens with one attached hydrogen (secondary N) is 1. The molecule has 4 rings (SSSR count). The zero-order chi connectivity index (χ0) is 23.2. The van der Waals surface area contributed by atoms with E-state index in [0.717, 1.165) is 11.1 Å². The zero-order valence-electron chi connectivity index (χ0n) is 18.9. The summed E-state index contributed by atoms with van der Waals surface area (Å²) in [6.45, 7) is 6.11. The standard InChI is InChI=1S/C25H28N2O5/c1-25(2,3)16-11-6-7-12-17(16)27-22(28)18-19(23(27)29)21(24(30)32-5)26-20(18)14-9-8-10-15(13-14)31-4/h6-13,18-21,26H,1-5H3/t18-,19+,20-,21-/m1/s1. The third-order valence-electron chi connectivity index (χ3n) is 6.34. The van der Waals surface area contributed by atoms with Crippen molar-refractivity contribution in [1.82, 2.24) is 5.32 Å². The maximum absolute atomic E-state index is 13.8. The molecule has 0 bridgehead atoms. The molecule has 7 nitrogen and oxygen atoms in total. The molecule has 0 aliphatic carbocycles. The molecular weight excluding hydrogens is 408 g/mol. The predicted octanol–water partition coefficient (Wildman–Crippen LogP) is 2.98. The molecule has 7 heteroatoms. The van der Waals surface area contributed by atoms with Crippen LogP contribution in [0.5, 0.6) is 5.75 Å². The number of hydrogen-bond acceptors (Lipinski definition) is 6. The van der Waals surface area contributed by atoms with Crippen LogP contribution >= 0.6 is 0 Å². The van der Waals surface area contributed by atoms with Gasteiger partial charge in [0.2, 0.25) is 11.8 Å². The van der Waals surface area contributed by atoms with Crippen molar-refractivity contribution in [2.75, 3.05) is 19.1 Å². The first kappa shape index (κ1) is 22.0. The maximum atomic E-state index is 13.8. The first-order valence-corrected chi connectivity index (χ1v) is 10.6. The van der Waals surface area contributed by atoms with Gasteiger partial charge >= 0.3 is 5.97 Å². The van der Waals surface area contributed by atoms with Crippen LogP contribution in [-0.2, 0) is 24.5 Å². The Balaban J connectivity index is 1.82.